The number of rotatable bonds is 4. The molecule has 0 spiro atoms. The summed E-state index contributed by atoms with van der Waals surface area (Å²) in [5, 5.41) is 11.5. The van der Waals surface area contributed by atoms with Crippen molar-refractivity contribution in [2.24, 2.45) is 0 Å². The van der Waals surface area contributed by atoms with Gasteiger partial charge in [-0.1, -0.05) is 18.2 Å². The molecule has 1 atom stereocenters. The van der Waals surface area contributed by atoms with Gasteiger partial charge < -0.3 is 10.4 Å². The second-order valence-corrected chi connectivity index (χ2v) is 8.82. The number of halogens is 3. The molecular weight excluding hydrogens is 409 g/mol. The zero-order chi connectivity index (χ0) is 21.6. The summed E-state index contributed by atoms with van der Waals surface area (Å²) in [6.07, 6.45) is -4.58. The number of amides is 1. The molecule has 1 aliphatic rings. The molecule has 0 aromatic heterocycles. The van der Waals surface area contributed by atoms with Crippen molar-refractivity contribution in [1.82, 2.24) is 0 Å². The Kier molecular flexibility index (Phi) is 5.12. The van der Waals surface area contributed by atoms with Gasteiger partial charge in [-0.25, -0.2) is 8.42 Å². The van der Waals surface area contributed by atoms with E-state index in [9.17, 15) is 31.5 Å². The average Bonchev–Trinajstić information content (AvgIpc) is 3.07. The molecule has 3 rings (SSSR count). The fraction of sp³-hybridized carbons (Fsp3) is 0.316. The van der Waals surface area contributed by atoms with Crippen LogP contribution in [-0.4, -0.2) is 37.8 Å². The van der Waals surface area contributed by atoms with E-state index in [1.807, 2.05) is 17.4 Å². The van der Waals surface area contributed by atoms with E-state index >= 15 is 0 Å². The van der Waals surface area contributed by atoms with Gasteiger partial charge in [0.2, 0.25) is 5.60 Å². The van der Waals surface area contributed by atoms with Crippen molar-refractivity contribution in [3.8, 4) is 0 Å². The molecule has 0 aliphatic carbocycles. The number of aliphatic hydroxyl groups is 1. The van der Waals surface area contributed by atoms with E-state index in [0.717, 1.165) is 5.56 Å². The van der Waals surface area contributed by atoms with Crippen molar-refractivity contribution < 1.29 is 31.5 Å². The number of fused-ring (bicyclic) bond motifs is 1. The third-order valence-electron chi connectivity index (χ3n) is 4.87. The normalized spacial score (nSPS) is 16.3. The van der Waals surface area contributed by atoms with Gasteiger partial charge >= 0.3 is 6.18 Å². The molecular formula is C19H19F3N2O4S. The number of sulfonamides is 1. The molecule has 0 radical (unpaired) electrons. The number of alkyl halides is 3. The molecule has 0 bridgehead atoms. The third kappa shape index (κ3) is 3.69. The Labute approximate surface area is 166 Å². The standard InChI is InChI=1S/C19H19F3N2O4S/c1-12-11-14(7-8-15(12)23-17(25)18(2,26)19(20,21)22)29(27,28)24-10-9-13-5-3-4-6-16(13)24/h3-8,11,26H,9-10H2,1-2H3,(H,23,25)/t18-/m1/s1. The van der Waals surface area contributed by atoms with Crippen LogP contribution in [0.4, 0.5) is 24.5 Å². The van der Waals surface area contributed by atoms with E-state index in [1.54, 1.807) is 12.1 Å². The van der Waals surface area contributed by atoms with Crippen LogP contribution in [0, 0.1) is 6.92 Å². The van der Waals surface area contributed by atoms with Crippen molar-refractivity contribution in [1.29, 1.82) is 0 Å². The molecule has 1 amide bonds. The number of carbonyl (C=O) groups is 1. The molecule has 0 fully saturated rings. The SMILES string of the molecule is Cc1cc(S(=O)(=O)N2CCc3ccccc32)ccc1NC(=O)[C@@](C)(O)C(F)(F)F. The molecule has 1 heterocycles. The fourth-order valence-corrected chi connectivity index (χ4v) is 4.58. The van der Waals surface area contributed by atoms with Gasteiger partial charge in [-0.3, -0.25) is 9.10 Å². The zero-order valence-electron chi connectivity index (χ0n) is 15.6. The number of hydrogen-bond acceptors (Lipinski definition) is 4. The van der Waals surface area contributed by atoms with Gasteiger partial charge in [0.15, 0.2) is 0 Å². The third-order valence-corrected chi connectivity index (χ3v) is 6.68. The molecule has 10 heteroatoms. The summed E-state index contributed by atoms with van der Waals surface area (Å²) in [7, 11) is -3.88. The Balaban J connectivity index is 1.88. The Hall–Kier alpha value is -2.59. The lowest BCUT2D eigenvalue weighted by Gasteiger charge is -2.25. The van der Waals surface area contributed by atoms with Gasteiger partial charge in [-0.05, 0) is 55.7 Å². The number of nitrogens with zero attached hydrogens (tertiary/aromatic N) is 1. The Morgan fingerprint density at radius 1 is 1.17 bits per heavy atom. The quantitative estimate of drug-likeness (QED) is 0.784. The molecule has 0 saturated carbocycles. The number of aryl methyl sites for hydroxylation is 1. The van der Waals surface area contributed by atoms with Crippen LogP contribution in [-0.2, 0) is 21.2 Å². The predicted molar refractivity (Wildman–Crippen MR) is 101 cm³/mol. The van der Waals surface area contributed by atoms with Crippen molar-refractivity contribution in [2.75, 3.05) is 16.2 Å². The van der Waals surface area contributed by atoms with Gasteiger partial charge in [0, 0.05) is 12.2 Å². The van der Waals surface area contributed by atoms with Crippen LogP contribution >= 0.6 is 0 Å². The van der Waals surface area contributed by atoms with Gasteiger partial charge in [0.25, 0.3) is 15.9 Å². The van der Waals surface area contributed by atoms with Crippen LogP contribution in [0.5, 0.6) is 0 Å². The van der Waals surface area contributed by atoms with Crippen molar-refractivity contribution in [3.63, 3.8) is 0 Å². The van der Waals surface area contributed by atoms with Crippen LogP contribution in [0.3, 0.4) is 0 Å². The van der Waals surface area contributed by atoms with Crippen LogP contribution in [0.1, 0.15) is 18.1 Å². The summed E-state index contributed by atoms with van der Waals surface area (Å²) in [6.45, 7) is 2.09. The summed E-state index contributed by atoms with van der Waals surface area (Å²) in [6, 6.07) is 10.8. The van der Waals surface area contributed by atoms with Crippen molar-refractivity contribution >= 4 is 27.3 Å². The van der Waals surface area contributed by atoms with Gasteiger partial charge in [-0.2, -0.15) is 13.2 Å². The van der Waals surface area contributed by atoms with E-state index in [4.69, 9.17) is 0 Å². The van der Waals surface area contributed by atoms with E-state index in [0.29, 0.717) is 19.0 Å². The largest absolute Gasteiger partial charge is 0.426 e. The minimum absolute atomic E-state index is 0.0275. The average molecular weight is 428 g/mol. The zero-order valence-corrected chi connectivity index (χ0v) is 16.4. The van der Waals surface area contributed by atoms with Gasteiger partial charge in [-0.15, -0.1) is 0 Å². The monoisotopic (exact) mass is 428 g/mol. The molecule has 29 heavy (non-hydrogen) atoms. The second-order valence-electron chi connectivity index (χ2n) is 6.96. The lowest BCUT2D eigenvalue weighted by Crippen LogP contribution is -2.52. The lowest BCUT2D eigenvalue weighted by molar-refractivity contribution is -0.242. The minimum atomic E-state index is -5.16. The van der Waals surface area contributed by atoms with Gasteiger partial charge in [0.1, 0.15) is 0 Å². The summed E-state index contributed by atoms with van der Waals surface area (Å²) < 4.78 is 65.7. The second kappa shape index (κ2) is 7.03. The first-order chi connectivity index (χ1) is 13.4. The summed E-state index contributed by atoms with van der Waals surface area (Å²) in [5.74, 6) is -1.66. The first kappa shape index (κ1) is 21.1. The van der Waals surface area contributed by atoms with Crippen LogP contribution < -0.4 is 9.62 Å². The van der Waals surface area contributed by atoms with E-state index in [2.05, 4.69) is 0 Å². The smallest absolute Gasteiger partial charge is 0.373 e. The van der Waals surface area contributed by atoms with E-state index < -0.39 is 27.7 Å². The molecule has 0 unspecified atom stereocenters. The number of para-hydroxylation sites is 1. The van der Waals surface area contributed by atoms with Crippen LogP contribution in [0.25, 0.3) is 0 Å². The minimum Gasteiger partial charge on any atom is -0.373 e. The predicted octanol–water partition coefficient (Wildman–Crippen LogP) is 3.00. The van der Waals surface area contributed by atoms with E-state index in [-0.39, 0.29) is 22.7 Å². The lowest BCUT2D eigenvalue weighted by atomic mass is 10.1. The first-order valence-electron chi connectivity index (χ1n) is 8.67. The van der Waals surface area contributed by atoms with E-state index in [1.165, 1.54) is 29.4 Å². The number of carbonyl (C=O) groups excluding carboxylic acids is 1. The molecule has 6 nitrogen and oxygen atoms in total. The van der Waals surface area contributed by atoms with Gasteiger partial charge in [0.05, 0.1) is 10.6 Å². The number of benzene rings is 2. The van der Waals surface area contributed by atoms with Crippen molar-refractivity contribution in [2.45, 2.75) is 36.9 Å². The highest BCUT2D eigenvalue weighted by Gasteiger charge is 2.55. The first-order valence-corrected chi connectivity index (χ1v) is 10.1. The van der Waals surface area contributed by atoms with Crippen LogP contribution in [0.2, 0.25) is 0 Å². The van der Waals surface area contributed by atoms with Crippen molar-refractivity contribution in [3.05, 3.63) is 53.6 Å². The van der Waals surface area contributed by atoms with Crippen LogP contribution in [0.15, 0.2) is 47.4 Å². The number of nitrogens with one attached hydrogen (secondary N) is 1. The maximum atomic E-state index is 13.0. The highest BCUT2D eigenvalue weighted by atomic mass is 32.2. The summed E-state index contributed by atoms with van der Waals surface area (Å²) in [5.41, 5.74) is -1.87. The molecule has 2 N–H and O–H groups in total. The topological polar surface area (TPSA) is 86.7 Å². The molecule has 156 valence electrons. The number of anilines is 2. The molecule has 0 saturated heterocycles. The molecule has 2 aromatic rings. The highest BCUT2D eigenvalue weighted by Crippen LogP contribution is 2.34. The molecule has 2 aromatic carbocycles. The summed E-state index contributed by atoms with van der Waals surface area (Å²) in [4.78, 5) is 11.8. The maximum absolute atomic E-state index is 13.0. The highest BCUT2D eigenvalue weighted by molar-refractivity contribution is 7.92. The Bertz CT molecular complexity index is 1070. The Morgan fingerprint density at radius 3 is 2.45 bits per heavy atom. The molecule has 1 aliphatic heterocycles. The Morgan fingerprint density at radius 2 is 1.83 bits per heavy atom. The number of hydrogen-bond donors (Lipinski definition) is 2. The maximum Gasteiger partial charge on any atom is 0.426 e. The fourth-order valence-electron chi connectivity index (χ4n) is 2.99. The summed E-state index contributed by atoms with van der Waals surface area (Å²) >= 11 is 0.